The number of fused-ring (bicyclic) bond motifs is 1. The van der Waals surface area contributed by atoms with Crippen molar-refractivity contribution in [2.24, 2.45) is 5.92 Å². The Morgan fingerprint density at radius 1 is 1.20 bits per heavy atom. The third-order valence-corrected chi connectivity index (χ3v) is 5.95. The molecule has 0 spiro atoms. The number of allylic oxidation sites excluding steroid dienone is 2. The van der Waals surface area contributed by atoms with E-state index in [0.717, 1.165) is 44.7 Å². The van der Waals surface area contributed by atoms with Crippen LogP contribution < -0.4 is 10.1 Å². The summed E-state index contributed by atoms with van der Waals surface area (Å²) < 4.78 is 6.37. The molecule has 1 atom stereocenters. The van der Waals surface area contributed by atoms with Gasteiger partial charge < -0.3 is 15.0 Å². The molecular formula is C29H36N4O2. The summed E-state index contributed by atoms with van der Waals surface area (Å²) in [5.41, 5.74) is 6.68. The van der Waals surface area contributed by atoms with Gasteiger partial charge in [-0.05, 0) is 50.6 Å². The van der Waals surface area contributed by atoms with E-state index in [-0.39, 0.29) is 17.9 Å². The molecule has 0 bridgehead atoms. The van der Waals surface area contributed by atoms with Crippen molar-refractivity contribution < 1.29 is 9.53 Å². The van der Waals surface area contributed by atoms with Crippen LogP contribution in [0.1, 0.15) is 54.9 Å². The lowest BCUT2D eigenvalue weighted by Crippen LogP contribution is -2.31. The van der Waals surface area contributed by atoms with E-state index < -0.39 is 0 Å². The molecule has 1 N–H and O–H groups in total. The molecule has 1 aromatic carbocycles. The Hall–Kier alpha value is -3.67. The molecule has 6 heteroatoms. The van der Waals surface area contributed by atoms with Crippen LogP contribution in [0, 0.1) is 19.8 Å². The van der Waals surface area contributed by atoms with Crippen LogP contribution in [0.25, 0.3) is 16.6 Å². The minimum Gasteiger partial charge on any atom is -0.487 e. The van der Waals surface area contributed by atoms with Crippen molar-refractivity contribution in [1.82, 2.24) is 20.2 Å². The fourth-order valence-electron chi connectivity index (χ4n) is 4.04. The molecule has 6 nitrogen and oxygen atoms in total. The van der Waals surface area contributed by atoms with Crippen molar-refractivity contribution in [3.63, 3.8) is 0 Å². The quantitative estimate of drug-likeness (QED) is 0.402. The minimum absolute atomic E-state index is 0.00166. The van der Waals surface area contributed by atoms with E-state index in [1.54, 1.807) is 12.3 Å². The molecule has 0 radical (unpaired) electrons. The smallest absolute Gasteiger partial charge is 0.223 e. The van der Waals surface area contributed by atoms with E-state index in [1.165, 1.54) is 0 Å². The summed E-state index contributed by atoms with van der Waals surface area (Å²) in [6.45, 7) is 13.9. The average Bonchev–Trinajstić information content (AvgIpc) is 2.80. The molecule has 0 aliphatic rings. The predicted molar refractivity (Wildman–Crippen MR) is 143 cm³/mol. The summed E-state index contributed by atoms with van der Waals surface area (Å²) in [5, 5.41) is 4.06. The van der Waals surface area contributed by atoms with E-state index in [2.05, 4.69) is 33.9 Å². The number of benzene rings is 1. The highest BCUT2D eigenvalue weighted by molar-refractivity contribution is 5.94. The second kappa shape index (κ2) is 11.2. The topological polar surface area (TPSA) is 67.4 Å². The van der Waals surface area contributed by atoms with Gasteiger partial charge in [0.1, 0.15) is 17.9 Å². The van der Waals surface area contributed by atoms with Gasteiger partial charge in [0.15, 0.2) is 0 Å². The van der Waals surface area contributed by atoms with Crippen LogP contribution in [0.4, 0.5) is 0 Å². The zero-order valence-corrected chi connectivity index (χ0v) is 21.8. The number of amides is 1. The summed E-state index contributed by atoms with van der Waals surface area (Å²) in [5.74, 6) is 0.610. The molecule has 1 amide bonds. The van der Waals surface area contributed by atoms with Crippen molar-refractivity contribution in [3.05, 3.63) is 83.3 Å². The van der Waals surface area contributed by atoms with Gasteiger partial charge in [-0.15, -0.1) is 0 Å². The van der Waals surface area contributed by atoms with Crippen LogP contribution in [-0.2, 0) is 11.4 Å². The highest BCUT2D eigenvalue weighted by Gasteiger charge is 2.19. The molecule has 0 saturated carbocycles. The predicted octanol–water partition coefficient (Wildman–Crippen LogP) is 5.75. The Kier molecular flexibility index (Phi) is 8.28. The van der Waals surface area contributed by atoms with Gasteiger partial charge in [-0.1, -0.05) is 38.6 Å². The van der Waals surface area contributed by atoms with Crippen molar-refractivity contribution in [1.29, 1.82) is 0 Å². The first-order valence-corrected chi connectivity index (χ1v) is 11.9. The number of hydrogen-bond donors (Lipinski definition) is 1. The van der Waals surface area contributed by atoms with E-state index in [4.69, 9.17) is 9.72 Å². The number of hydrogen-bond acceptors (Lipinski definition) is 5. The van der Waals surface area contributed by atoms with Crippen LogP contribution in [0.3, 0.4) is 0 Å². The Morgan fingerprint density at radius 3 is 2.60 bits per heavy atom. The fraction of sp³-hybridized carbons (Fsp3) is 0.345. The molecule has 0 fully saturated rings. The lowest BCUT2D eigenvalue weighted by Gasteiger charge is -2.21. The number of pyridine rings is 2. The maximum atomic E-state index is 12.3. The Labute approximate surface area is 208 Å². The average molecular weight is 473 g/mol. The number of rotatable bonds is 9. The van der Waals surface area contributed by atoms with Gasteiger partial charge in [-0.2, -0.15) is 0 Å². The maximum Gasteiger partial charge on any atom is 0.223 e. The first-order valence-electron chi connectivity index (χ1n) is 11.9. The van der Waals surface area contributed by atoms with Gasteiger partial charge in [0.05, 0.1) is 11.7 Å². The Bertz CT molecular complexity index is 1260. The molecule has 2 heterocycles. The van der Waals surface area contributed by atoms with E-state index in [1.807, 2.05) is 73.0 Å². The molecule has 2 aromatic heterocycles. The summed E-state index contributed by atoms with van der Waals surface area (Å²) in [6.07, 6.45) is 5.57. The summed E-state index contributed by atoms with van der Waals surface area (Å²) in [6, 6.07) is 9.82. The van der Waals surface area contributed by atoms with E-state index >= 15 is 0 Å². The third kappa shape index (κ3) is 5.88. The summed E-state index contributed by atoms with van der Waals surface area (Å²) in [4.78, 5) is 23.7. The van der Waals surface area contributed by atoms with Gasteiger partial charge in [0, 0.05) is 54.1 Å². The number of nitrogens with one attached hydrogen (secondary N) is 1. The second-order valence-corrected chi connectivity index (χ2v) is 9.31. The lowest BCUT2D eigenvalue weighted by molar-refractivity contribution is -0.124. The van der Waals surface area contributed by atoms with Gasteiger partial charge in [-0.3, -0.25) is 9.78 Å². The number of nitrogens with zero attached hydrogens (tertiary/aromatic N) is 3. The lowest BCUT2D eigenvalue weighted by atomic mass is 10.0. The molecular weight excluding hydrogens is 436 g/mol. The van der Waals surface area contributed by atoms with Crippen LogP contribution in [0.15, 0.2) is 55.3 Å². The number of ether oxygens (including phenoxy) is 1. The SMILES string of the molecule is C=C/C=C(/c1cc(C)nc2c(OCc3c(C)ccnc3C(C)NC(=O)C(C)C)cccc12)N(C)C. The van der Waals surface area contributed by atoms with Crippen molar-refractivity contribution in [2.75, 3.05) is 14.1 Å². The summed E-state index contributed by atoms with van der Waals surface area (Å²) in [7, 11) is 4.03. The Morgan fingerprint density at radius 2 is 1.94 bits per heavy atom. The zero-order valence-electron chi connectivity index (χ0n) is 21.8. The molecule has 0 aliphatic carbocycles. The van der Waals surface area contributed by atoms with Crippen LogP contribution in [0.2, 0.25) is 0 Å². The van der Waals surface area contributed by atoms with Gasteiger partial charge in [0.2, 0.25) is 5.91 Å². The third-order valence-electron chi connectivity index (χ3n) is 5.95. The van der Waals surface area contributed by atoms with Crippen LogP contribution in [0.5, 0.6) is 5.75 Å². The van der Waals surface area contributed by atoms with E-state index in [9.17, 15) is 4.79 Å². The van der Waals surface area contributed by atoms with Crippen LogP contribution >= 0.6 is 0 Å². The van der Waals surface area contributed by atoms with Crippen molar-refractivity contribution >= 4 is 22.5 Å². The first kappa shape index (κ1) is 25.9. The maximum absolute atomic E-state index is 12.3. The second-order valence-electron chi connectivity index (χ2n) is 9.31. The van der Waals surface area contributed by atoms with E-state index in [0.29, 0.717) is 12.4 Å². The van der Waals surface area contributed by atoms with Crippen molar-refractivity contribution in [2.45, 2.75) is 47.3 Å². The number of aryl methyl sites for hydroxylation is 2. The van der Waals surface area contributed by atoms with Crippen molar-refractivity contribution in [3.8, 4) is 5.75 Å². The zero-order chi connectivity index (χ0) is 25.7. The molecule has 35 heavy (non-hydrogen) atoms. The largest absolute Gasteiger partial charge is 0.487 e. The Balaban J connectivity index is 2.00. The molecule has 184 valence electrons. The molecule has 3 rings (SSSR count). The minimum atomic E-state index is -0.227. The number of aromatic nitrogens is 2. The molecule has 0 aliphatic heterocycles. The molecule has 3 aromatic rings. The number of para-hydroxylation sites is 1. The summed E-state index contributed by atoms with van der Waals surface area (Å²) >= 11 is 0. The highest BCUT2D eigenvalue weighted by atomic mass is 16.5. The number of carbonyl (C=O) groups is 1. The van der Waals surface area contributed by atoms with Gasteiger partial charge >= 0.3 is 0 Å². The monoisotopic (exact) mass is 472 g/mol. The molecule has 1 unspecified atom stereocenters. The fourth-order valence-corrected chi connectivity index (χ4v) is 4.04. The van der Waals surface area contributed by atoms with Gasteiger partial charge in [-0.25, -0.2) is 4.98 Å². The highest BCUT2D eigenvalue weighted by Crippen LogP contribution is 2.32. The molecule has 0 saturated heterocycles. The van der Waals surface area contributed by atoms with Gasteiger partial charge in [0.25, 0.3) is 0 Å². The normalized spacial score (nSPS) is 12.5. The standard InChI is InChI=1S/C29H36N4O2/c1-9-11-25(33(7)8)23-16-20(5)31-28-22(23)12-10-13-26(28)35-17-24-19(4)14-15-30-27(24)21(6)32-29(34)18(2)3/h9-16,18,21H,1,17H2,2-8H3,(H,32,34)/b25-11-. The first-order chi connectivity index (χ1) is 16.6. The number of carbonyl (C=O) groups excluding carboxylic acids is 1. The van der Waals surface area contributed by atoms with Crippen LogP contribution in [-0.4, -0.2) is 34.9 Å².